The number of rotatable bonds is 7. The maximum atomic E-state index is 12.2. The van der Waals surface area contributed by atoms with Crippen LogP contribution in [0.2, 0.25) is 0 Å². The molecule has 6 rings (SSSR count). The van der Waals surface area contributed by atoms with E-state index >= 15 is 0 Å². The van der Waals surface area contributed by atoms with Crippen molar-refractivity contribution in [1.29, 1.82) is 0 Å². The molecule has 0 bridgehead atoms. The van der Waals surface area contributed by atoms with E-state index < -0.39 is 0 Å². The Kier molecular flexibility index (Phi) is 7.47. The highest BCUT2D eigenvalue weighted by atomic mass is 16.5. The van der Waals surface area contributed by atoms with Crippen LogP contribution >= 0.6 is 0 Å². The first-order chi connectivity index (χ1) is 19.5. The van der Waals surface area contributed by atoms with Crippen molar-refractivity contribution >= 4 is 28.2 Å². The summed E-state index contributed by atoms with van der Waals surface area (Å²) in [6.07, 6.45) is 4.56. The Morgan fingerprint density at radius 3 is 2.67 bits per heavy atom. The fourth-order valence-corrected chi connectivity index (χ4v) is 6.20. The van der Waals surface area contributed by atoms with E-state index in [4.69, 9.17) is 19.4 Å². The number of nitrogens with zero attached hydrogens (tertiary/aromatic N) is 6. The van der Waals surface area contributed by atoms with Crippen molar-refractivity contribution in [2.75, 3.05) is 69.8 Å². The van der Waals surface area contributed by atoms with Gasteiger partial charge in [0.2, 0.25) is 5.91 Å². The van der Waals surface area contributed by atoms with Crippen molar-refractivity contribution in [2.45, 2.75) is 31.8 Å². The first kappa shape index (κ1) is 26.4. The fourth-order valence-electron chi connectivity index (χ4n) is 6.20. The normalized spacial score (nSPS) is 19.6. The molecule has 4 heterocycles. The van der Waals surface area contributed by atoms with Crippen molar-refractivity contribution in [3.63, 3.8) is 0 Å². The Bertz CT molecular complexity index is 1400. The predicted molar refractivity (Wildman–Crippen MR) is 157 cm³/mol. The molecule has 0 saturated carbocycles. The van der Waals surface area contributed by atoms with E-state index in [-0.39, 0.29) is 5.91 Å². The molecule has 3 aliphatic heterocycles. The summed E-state index contributed by atoms with van der Waals surface area (Å²) in [6.45, 7) is 9.64. The van der Waals surface area contributed by atoms with Gasteiger partial charge in [-0.1, -0.05) is 18.7 Å². The minimum absolute atomic E-state index is 0.0163. The van der Waals surface area contributed by atoms with Gasteiger partial charge >= 0.3 is 6.01 Å². The molecule has 9 heteroatoms. The van der Waals surface area contributed by atoms with Crippen LogP contribution in [-0.4, -0.2) is 91.7 Å². The van der Waals surface area contributed by atoms with Gasteiger partial charge in [0, 0.05) is 55.4 Å². The molecule has 1 amide bonds. The third-order valence-electron chi connectivity index (χ3n) is 8.57. The molecule has 0 unspecified atom stereocenters. The van der Waals surface area contributed by atoms with Gasteiger partial charge in [-0.3, -0.25) is 4.79 Å². The number of anilines is 2. The van der Waals surface area contributed by atoms with E-state index in [1.54, 1.807) is 7.11 Å². The number of likely N-dealkylation sites (tertiary alicyclic amines) is 1. The molecule has 0 spiro atoms. The lowest BCUT2D eigenvalue weighted by atomic mass is 10.0. The molecule has 1 atom stereocenters. The Balaban J connectivity index is 1.30. The maximum absolute atomic E-state index is 12.2. The molecule has 1 aromatic heterocycles. The molecule has 2 saturated heterocycles. The average Bonchev–Trinajstić information content (AvgIpc) is 3.42. The van der Waals surface area contributed by atoms with Crippen molar-refractivity contribution in [3.05, 3.63) is 60.3 Å². The number of carbonyl (C=O) groups is 1. The van der Waals surface area contributed by atoms with Crippen LogP contribution in [0.4, 0.5) is 11.5 Å². The Hall–Kier alpha value is -3.85. The lowest BCUT2D eigenvalue weighted by Crippen LogP contribution is -2.49. The predicted octanol–water partition coefficient (Wildman–Crippen LogP) is 3.51. The van der Waals surface area contributed by atoms with Gasteiger partial charge in [-0.2, -0.15) is 9.97 Å². The molecule has 2 aromatic carbocycles. The number of likely N-dealkylation sites (N-methyl/N-ethyl adjacent to an activating group) is 1. The molecule has 0 N–H and O–H groups in total. The lowest BCUT2D eigenvalue weighted by Gasteiger charge is -2.38. The molecule has 2 fully saturated rings. The number of benzene rings is 2. The third-order valence-corrected chi connectivity index (χ3v) is 8.57. The highest BCUT2D eigenvalue weighted by molar-refractivity contribution is 5.95. The number of amides is 1. The minimum Gasteiger partial charge on any atom is -0.497 e. The van der Waals surface area contributed by atoms with Gasteiger partial charge in [0.1, 0.15) is 18.2 Å². The van der Waals surface area contributed by atoms with Crippen LogP contribution in [0.25, 0.3) is 10.8 Å². The molecule has 0 radical (unpaired) electrons. The van der Waals surface area contributed by atoms with Crippen LogP contribution < -0.4 is 19.3 Å². The highest BCUT2D eigenvalue weighted by Crippen LogP contribution is 2.35. The Morgan fingerprint density at radius 1 is 1.07 bits per heavy atom. The van der Waals surface area contributed by atoms with Crippen molar-refractivity contribution < 1.29 is 14.3 Å². The fraction of sp³-hybridized carbons (Fsp3) is 0.452. The summed E-state index contributed by atoms with van der Waals surface area (Å²) >= 11 is 0. The van der Waals surface area contributed by atoms with E-state index in [2.05, 4.69) is 58.7 Å². The average molecular weight is 543 g/mol. The molecule has 0 aliphatic carbocycles. The summed E-state index contributed by atoms with van der Waals surface area (Å²) in [5.41, 5.74) is 3.39. The van der Waals surface area contributed by atoms with Gasteiger partial charge in [0.25, 0.3) is 0 Å². The Labute approximate surface area is 236 Å². The monoisotopic (exact) mass is 542 g/mol. The second-order valence-corrected chi connectivity index (χ2v) is 10.9. The first-order valence-electron chi connectivity index (χ1n) is 14.2. The number of hydrogen-bond acceptors (Lipinski definition) is 8. The molecule has 9 nitrogen and oxygen atoms in total. The number of carbonyl (C=O) groups excluding carboxylic acids is 1. The second-order valence-electron chi connectivity index (χ2n) is 10.9. The summed E-state index contributed by atoms with van der Waals surface area (Å²) in [7, 11) is 3.85. The topological polar surface area (TPSA) is 74.3 Å². The number of aromatic nitrogens is 2. The third kappa shape index (κ3) is 5.18. The zero-order chi connectivity index (χ0) is 27.6. The van der Waals surface area contributed by atoms with Crippen molar-refractivity contribution in [1.82, 2.24) is 19.8 Å². The summed E-state index contributed by atoms with van der Waals surface area (Å²) in [5.74, 6) is 1.79. The Morgan fingerprint density at radius 2 is 1.93 bits per heavy atom. The van der Waals surface area contributed by atoms with Gasteiger partial charge in [-0.05, 0) is 68.6 Å². The summed E-state index contributed by atoms with van der Waals surface area (Å²) in [5, 5.41) is 2.35. The number of ether oxygens (including phenoxy) is 2. The largest absolute Gasteiger partial charge is 0.497 e. The number of piperazine rings is 1. The van der Waals surface area contributed by atoms with Gasteiger partial charge in [-0.15, -0.1) is 0 Å². The van der Waals surface area contributed by atoms with Gasteiger partial charge in [0.15, 0.2) is 0 Å². The van der Waals surface area contributed by atoms with Crippen molar-refractivity contribution in [2.24, 2.45) is 0 Å². The van der Waals surface area contributed by atoms with Crippen molar-refractivity contribution in [3.8, 4) is 11.8 Å². The highest BCUT2D eigenvalue weighted by Gasteiger charge is 2.29. The van der Waals surface area contributed by atoms with E-state index in [1.165, 1.54) is 29.1 Å². The quantitative estimate of drug-likeness (QED) is 0.420. The first-order valence-corrected chi connectivity index (χ1v) is 14.2. The molecular formula is C31H38N6O3. The zero-order valence-corrected chi connectivity index (χ0v) is 23.5. The van der Waals surface area contributed by atoms with Gasteiger partial charge < -0.3 is 29.1 Å². The summed E-state index contributed by atoms with van der Waals surface area (Å²) in [6, 6.07) is 13.5. The van der Waals surface area contributed by atoms with Crippen LogP contribution in [0.3, 0.4) is 0 Å². The van der Waals surface area contributed by atoms with Gasteiger partial charge in [0.05, 0.1) is 19.3 Å². The standard InChI is InChI=1S/C31H38N6O3/c1-4-29(38)35-15-17-36(18-16-35)30-26-12-14-37(28-9-5-7-22-19-24(39-3)10-11-25(22)28)20-27(26)32-31(33-30)40-21-23-8-6-13-34(23)2/h4-5,7,9-11,19,23H,1,6,8,12-18,20-21H2,2-3H3/t23-/m0/s1. The maximum Gasteiger partial charge on any atom is 0.318 e. The second kappa shape index (κ2) is 11.3. The molecule has 3 aromatic rings. The van der Waals surface area contributed by atoms with Crippen LogP contribution in [-0.2, 0) is 17.8 Å². The van der Waals surface area contributed by atoms with Crippen LogP contribution in [0.15, 0.2) is 49.1 Å². The lowest BCUT2D eigenvalue weighted by molar-refractivity contribution is -0.126. The molecule has 3 aliphatic rings. The van der Waals surface area contributed by atoms with Crippen LogP contribution in [0.1, 0.15) is 24.1 Å². The van der Waals surface area contributed by atoms with E-state index in [9.17, 15) is 4.79 Å². The zero-order valence-electron chi connectivity index (χ0n) is 23.5. The van der Waals surface area contributed by atoms with E-state index in [1.807, 2.05) is 11.0 Å². The summed E-state index contributed by atoms with van der Waals surface area (Å²) in [4.78, 5) is 31.0. The minimum atomic E-state index is -0.0163. The molecule has 40 heavy (non-hydrogen) atoms. The smallest absolute Gasteiger partial charge is 0.318 e. The van der Waals surface area contributed by atoms with Gasteiger partial charge in [-0.25, -0.2) is 0 Å². The van der Waals surface area contributed by atoms with E-state index in [0.29, 0.717) is 38.3 Å². The van der Waals surface area contributed by atoms with Crippen LogP contribution in [0.5, 0.6) is 11.8 Å². The SMILES string of the molecule is C=CC(=O)N1CCN(c2nc(OC[C@@H]3CCCN3C)nc3c2CCN(c2cccc4cc(OC)ccc24)C3)CC1. The molecular weight excluding hydrogens is 504 g/mol. The summed E-state index contributed by atoms with van der Waals surface area (Å²) < 4.78 is 11.7. The molecule has 210 valence electrons. The number of methoxy groups -OCH3 is 1. The van der Waals surface area contributed by atoms with E-state index in [0.717, 1.165) is 61.7 Å². The van der Waals surface area contributed by atoms with Crippen LogP contribution in [0, 0.1) is 0 Å². The number of hydrogen-bond donors (Lipinski definition) is 0. The number of fused-ring (bicyclic) bond motifs is 2.